The van der Waals surface area contributed by atoms with Crippen LogP contribution in [0.5, 0.6) is 0 Å². The van der Waals surface area contributed by atoms with Gasteiger partial charge < -0.3 is 10.2 Å². The molecule has 0 spiro atoms. The number of hydrogen-bond acceptors (Lipinski definition) is 2. The Morgan fingerprint density at radius 3 is 2.62 bits per heavy atom. The van der Waals surface area contributed by atoms with Crippen LogP contribution in [0.3, 0.4) is 0 Å². The van der Waals surface area contributed by atoms with Crippen molar-refractivity contribution in [2.75, 3.05) is 27.2 Å². The van der Waals surface area contributed by atoms with Crippen LogP contribution in [-0.2, 0) is 0 Å². The SMILES string of the molecule is C[C@@H](NCCCN(C)C)c1ccccc1Br. The molecule has 1 aromatic carbocycles. The van der Waals surface area contributed by atoms with Gasteiger partial charge in [-0.15, -0.1) is 0 Å². The summed E-state index contributed by atoms with van der Waals surface area (Å²) >= 11 is 3.58. The zero-order chi connectivity index (χ0) is 12.0. The molecule has 0 saturated carbocycles. The predicted octanol–water partition coefficient (Wildman–Crippen LogP) is 3.05. The van der Waals surface area contributed by atoms with Gasteiger partial charge in [0, 0.05) is 10.5 Å². The van der Waals surface area contributed by atoms with Crippen molar-refractivity contribution in [1.29, 1.82) is 0 Å². The highest BCUT2D eigenvalue weighted by Crippen LogP contribution is 2.22. The van der Waals surface area contributed by atoms with Crippen LogP contribution in [0.4, 0.5) is 0 Å². The minimum Gasteiger partial charge on any atom is -0.310 e. The van der Waals surface area contributed by atoms with Crippen LogP contribution in [-0.4, -0.2) is 32.1 Å². The highest BCUT2D eigenvalue weighted by molar-refractivity contribution is 9.10. The first kappa shape index (κ1) is 13.7. The number of nitrogens with zero attached hydrogens (tertiary/aromatic N) is 1. The molecule has 0 bridgehead atoms. The van der Waals surface area contributed by atoms with Gasteiger partial charge in [0.1, 0.15) is 0 Å². The summed E-state index contributed by atoms with van der Waals surface area (Å²) in [7, 11) is 4.22. The Hall–Kier alpha value is -0.380. The maximum absolute atomic E-state index is 3.58. The molecule has 1 rings (SSSR count). The summed E-state index contributed by atoms with van der Waals surface area (Å²) in [6, 6.07) is 8.78. The van der Waals surface area contributed by atoms with Gasteiger partial charge in [-0.3, -0.25) is 0 Å². The van der Waals surface area contributed by atoms with Crippen molar-refractivity contribution < 1.29 is 0 Å². The molecular weight excluding hydrogens is 264 g/mol. The van der Waals surface area contributed by atoms with Gasteiger partial charge in [0.2, 0.25) is 0 Å². The molecule has 0 fully saturated rings. The third-order valence-corrected chi connectivity index (χ3v) is 3.33. The molecule has 0 saturated heterocycles. The molecule has 0 radical (unpaired) electrons. The first-order chi connectivity index (χ1) is 7.61. The lowest BCUT2D eigenvalue weighted by atomic mass is 10.1. The second-order valence-electron chi connectivity index (χ2n) is 4.35. The number of benzene rings is 1. The van der Waals surface area contributed by atoms with Crippen LogP contribution in [0.25, 0.3) is 0 Å². The first-order valence-corrected chi connectivity index (χ1v) is 6.53. The highest BCUT2D eigenvalue weighted by Gasteiger charge is 2.07. The fourth-order valence-electron chi connectivity index (χ4n) is 1.65. The van der Waals surface area contributed by atoms with Crippen LogP contribution < -0.4 is 5.32 Å². The van der Waals surface area contributed by atoms with E-state index >= 15 is 0 Å². The minimum atomic E-state index is 0.401. The third-order valence-electron chi connectivity index (χ3n) is 2.60. The maximum Gasteiger partial charge on any atom is 0.0302 e. The highest BCUT2D eigenvalue weighted by atomic mass is 79.9. The largest absolute Gasteiger partial charge is 0.310 e. The molecular formula is C13H21BrN2. The number of rotatable bonds is 6. The van der Waals surface area contributed by atoms with E-state index < -0.39 is 0 Å². The lowest BCUT2D eigenvalue weighted by Gasteiger charge is -2.16. The van der Waals surface area contributed by atoms with E-state index in [0.717, 1.165) is 13.1 Å². The van der Waals surface area contributed by atoms with Gasteiger partial charge in [-0.1, -0.05) is 34.1 Å². The lowest BCUT2D eigenvalue weighted by molar-refractivity contribution is 0.389. The van der Waals surface area contributed by atoms with Crippen molar-refractivity contribution in [3.8, 4) is 0 Å². The molecule has 0 amide bonds. The van der Waals surface area contributed by atoms with Crippen LogP contribution in [0.2, 0.25) is 0 Å². The van der Waals surface area contributed by atoms with Gasteiger partial charge in [0.25, 0.3) is 0 Å². The molecule has 0 aliphatic rings. The summed E-state index contributed by atoms with van der Waals surface area (Å²) < 4.78 is 1.18. The maximum atomic E-state index is 3.58. The molecule has 90 valence electrons. The Morgan fingerprint density at radius 1 is 1.31 bits per heavy atom. The smallest absolute Gasteiger partial charge is 0.0302 e. The van der Waals surface area contributed by atoms with Crippen LogP contribution in [0, 0.1) is 0 Å². The van der Waals surface area contributed by atoms with Crippen LogP contribution >= 0.6 is 15.9 Å². The third kappa shape index (κ3) is 4.64. The van der Waals surface area contributed by atoms with E-state index in [1.54, 1.807) is 0 Å². The topological polar surface area (TPSA) is 15.3 Å². The zero-order valence-electron chi connectivity index (χ0n) is 10.3. The Labute approximate surface area is 107 Å². The number of halogens is 1. The summed E-state index contributed by atoms with van der Waals surface area (Å²) in [5, 5.41) is 3.54. The molecule has 0 heterocycles. The van der Waals surface area contributed by atoms with Gasteiger partial charge in [0.15, 0.2) is 0 Å². The Balaban J connectivity index is 2.35. The quantitative estimate of drug-likeness (QED) is 0.808. The van der Waals surface area contributed by atoms with Crippen molar-refractivity contribution in [2.24, 2.45) is 0 Å². The van der Waals surface area contributed by atoms with E-state index in [1.165, 1.54) is 16.5 Å². The molecule has 3 heteroatoms. The standard InChI is InChI=1S/C13H21BrN2/c1-11(15-9-6-10-16(2)3)12-7-4-5-8-13(12)14/h4-5,7-8,11,15H,6,9-10H2,1-3H3/t11-/m1/s1. The van der Waals surface area contributed by atoms with Crippen molar-refractivity contribution in [3.05, 3.63) is 34.3 Å². The second kappa shape index (κ2) is 7.05. The van der Waals surface area contributed by atoms with E-state index in [1.807, 2.05) is 6.07 Å². The summed E-state index contributed by atoms with van der Waals surface area (Å²) in [6.07, 6.45) is 1.18. The minimum absolute atomic E-state index is 0.401. The normalized spacial score (nSPS) is 13.1. The summed E-state index contributed by atoms with van der Waals surface area (Å²) in [6.45, 7) is 4.39. The first-order valence-electron chi connectivity index (χ1n) is 5.74. The van der Waals surface area contributed by atoms with Crippen molar-refractivity contribution >= 4 is 15.9 Å². The Kier molecular flexibility index (Phi) is 6.03. The van der Waals surface area contributed by atoms with E-state index in [4.69, 9.17) is 0 Å². The second-order valence-corrected chi connectivity index (χ2v) is 5.21. The molecule has 0 aliphatic heterocycles. The Bertz CT molecular complexity index is 313. The van der Waals surface area contributed by atoms with E-state index in [9.17, 15) is 0 Å². The van der Waals surface area contributed by atoms with Gasteiger partial charge in [-0.05, 0) is 52.2 Å². The van der Waals surface area contributed by atoms with Crippen LogP contribution in [0.1, 0.15) is 24.9 Å². The molecule has 2 nitrogen and oxygen atoms in total. The van der Waals surface area contributed by atoms with Gasteiger partial charge in [0.05, 0.1) is 0 Å². The van der Waals surface area contributed by atoms with E-state index in [0.29, 0.717) is 6.04 Å². The molecule has 0 aliphatic carbocycles. The summed E-state index contributed by atoms with van der Waals surface area (Å²) in [5.41, 5.74) is 1.33. The summed E-state index contributed by atoms with van der Waals surface area (Å²) in [4.78, 5) is 2.21. The Morgan fingerprint density at radius 2 is 2.00 bits per heavy atom. The van der Waals surface area contributed by atoms with Gasteiger partial charge in [-0.2, -0.15) is 0 Å². The van der Waals surface area contributed by atoms with Crippen molar-refractivity contribution in [1.82, 2.24) is 10.2 Å². The number of hydrogen-bond donors (Lipinski definition) is 1. The molecule has 1 aromatic rings. The molecule has 0 aromatic heterocycles. The predicted molar refractivity (Wildman–Crippen MR) is 73.7 cm³/mol. The van der Waals surface area contributed by atoms with Crippen LogP contribution in [0.15, 0.2) is 28.7 Å². The monoisotopic (exact) mass is 284 g/mol. The summed E-state index contributed by atoms with van der Waals surface area (Å²) in [5.74, 6) is 0. The molecule has 0 unspecified atom stereocenters. The van der Waals surface area contributed by atoms with Gasteiger partial charge in [-0.25, -0.2) is 0 Å². The van der Waals surface area contributed by atoms with Crippen molar-refractivity contribution in [2.45, 2.75) is 19.4 Å². The molecule has 1 N–H and O–H groups in total. The fraction of sp³-hybridized carbons (Fsp3) is 0.538. The van der Waals surface area contributed by atoms with E-state index in [2.05, 4.69) is 65.4 Å². The van der Waals surface area contributed by atoms with E-state index in [-0.39, 0.29) is 0 Å². The van der Waals surface area contributed by atoms with Gasteiger partial charge >= 0.3 is 0 Å². The van der Waals surface area contributed by atoms with Crippen molar-refractivity contribution in [3.63, 3.8) is 0 Å². The average Bonchev–Trinajstić information content (AvgIpc) is 2.24. The lowest BCUT2D eigenvalue weighted by Crippen LogP contribution is -2.24. The molecule has 16 heavy (non-hydrogen) atoms. The fourth-order valence-corrected chi connectivity index (χ4v) is 2.28. The molecule has 1 atom stereocenters. The average molecular weight is 285 g/mol. The zero-order valence-corrected chi connectivity index (χ0v) is 11.9. The number of nitrogens with one attached hydrogen (secondary N) is 1.